The predicted octanol–water partition coefficient (Wildman–Crippen LogP) is 10.8. The van der Waals surface area contributed by atoms with Crippen LogP contribution in [0.5, 0.6) is 69.0 Å². The van der Waals surface area contributed by atoms with Crippen LogP contribution < -0.4 is 56.8 Å². The molecular formula is C68H64O24. The molecule has 0 spiro atoms. The lowest BCUT2D eigenvalue weighted by Gasteiger charge is -2.12. The van der Waals surface area contributed by atoms with Gasteiger partial charge in [0.15, 0.2) is 11.5 Å². The molecule has 24 nitrogen and oxygen atoms in total. The molecule has 0 aliphatic heterocycles. The highest BCUT2D eigenvalue weighted by Crippen LogP contribution is 2.32. The Labute approximate surface area is 528 Å². The van der Waals surface area contributed by atoms with Crippen molar-refractivity contribution in [3.63, 3.8) is 0 Å². The van der Waals surface area contributed by atoms with Crippen LogP contribution in [-0.4, -0.2) is 133 Å². The van der Waals surface area contributed by atoms with Crippen molar-refractivity contribution in [1.29, 1.82) is 0 Å². The minimum atomic E-state index is -0.620. The van der Waals surface area contributed by atoms with Gasteiger partial charge >= 0.3 is 47.8 Å². The Balaban J connectivity index is 0.000000223. The summed E-state index contributed by atoms with van der Waals surface area (Å²) in [5.41, 5.74) is 2.49. The molecule has 24 heteroatoms. The highest BCUT2D eigenvalue weighted by Gasteiger charge is 2.22. The Morgan fingerprint density at radius 3 is 0.902 bits per heavy atom. The van der Waals surface area contributed by atoms with E-state index < -0.39 is 47.8 Å². The highest BCUT2D eigenvalue weighted by atomic mass is 16.6. The molecule has 0 N–H and O–H groups in total. The molecule has 92 heavy (non-hydrogen) atoms. The van der Waals surface area contributed by atoms with E-state index in [1.807, 2.05) is 0 Å². The van der Waals surface area contributed by atoms with Crippen LogP contribution in [0.15, 0.2) is 170 Å². The van der Waals surface area contributed by atoms with Crippen LogP contribution in [0.4, 0.5) is 0 Å². The molecule has 0 saturated carbocycles. The van der Waals surface area contributed by atoms with Gasteiger partial charge in [-0.1, -0.05) is 6.07 Å². The van der Waals surface area contributed by atoms with Gasteiger partial charge in [-0.25, -0.2) is 38.4 Å². The largest absolute Gasteiger partial charge is 0.497 e. The summed E-state index contributed by atoms with van der Waals surface area (Å²) < 4.78 is 80.6. The number of hydrogen-bond donors (Lipinski definition) is 0. The summed E-state index contributed by atoms with van der Waals surface area (Å²) >= 11 is 0. The summed E-state index contributed by atoms with van der Waals surface area (Å²) in [5, 5.41) is 0. The fourth-order valence-corrected chi connectivity index (χ4v) is 7.71. The molecule has 0 unspecified atom stereocenters. The van der Waals surface area contributed by atoms with Gasteiger partial charge in [-0.15, -0.1) is 0 Å². The lowest BCUT2D eigenvalue weighted by molar-refractivity contribution is 0.0591. The topological polar surface area (TPSA) is 284 Å². The first-order valence-corrected chi connectivity index (χ1v) is 26.9. The van der Waals surface area contributed by atoms with Crippen LogP contribution in [0.25, 0.3) is 0 Å². The molecule has 0 amide bonds. The zero-order valence-electron chi connectivity index (χ0n) is 52.0. The number of rotatable bonds is 20. The Kier molecular flexibility index (Phi) is 27.4. The summed E-state index contributed by atoms with van der Waals surface area (Å²) in [5.74, 6) is 0.497. The molecule has 0 radical (unpaired) electrons. The maximum absolute atomic E-state index is 12.4. The summed E-state index contributed by atoms with van der Waals surface area (Å²) in [4.78, 5) is 94.5. The van der Waals surface area contributed by atoms with Crippen molar-refractivity contribution in [2.45, 2.75) is 0 Å². The van der Waals surface area contributed by atoms with Crippen LogP contribution in [0.2, 0.25) is 0 Å². The van der Waals surface area contributed by atoms with E-state index in [0.29, 0.717) is 91.1 Å². The molecular weight excluding hydrogens is 1200 g/mol. The second-order valence-corrected chi connectivity index (χ2v) is 17.9. The minimum absolute atomic E-state index is 0.189. The number of ether oxygens (including phenoxy) is 16. The molecule has 8 aromatic rings. The van der Waals surface area contributed by atoms with Crippen molar-refractivity contribution in [3.05, 3.63) is 214 Å². The van der Waals surface area contributed by atoms with Crippen molar-refractivity contribution in [3.8, 4) is 69.0 Å². The third-order valence-corrected chi connectivity index (χ3v) is 12.5. The summed E-state index contributed by atoms with van der Waals surface area (Å²) in [6.07, 6.45) is 0. The molecule has 0 atom stereocenters. The monoisotopic (exact) mass is 1260 g/mol. The van der Waals surface area contributed by atoms with Crippen molar-refractivity contribution >= 4 is 47.8 Å². The SMILES string of the molecule is COC(=O)c1ccc(OC(=O)c2c(OC)cccc2OC)cc1.COC(=O)c1ccc(OC(=O)c2cc(OC)ccc2OC)cc1.COC(=O)c1ccc(OC(=O)c2ccc(OC)c(OC)c2)cc1.COC(=O)c1ccc(OC(=O)c2ccc(OC)cc2OC)cc1. The molecule has 0 aliphatic carbocycles. The quantitative estimate of drug-likeness (QED) is 0.0389. The van der Waals surface area contributed by atoms with Gasteiger partial charge in [0.2, 0.25) is 0 Å². The number of benzene rings is 8. The summed E-state index contributed by atoms with van der Waals surface area (Å²) in [6, 6.07) is 43.5. The zero-order valence-corrected chi connectivity index (χ0v) is 52.0. The van der Waals surface area contributed by atoms with Crippen molar-refractivity contribution in [2.24, 2.45) is 0 Å². The van der Waals surface area contributed by atoms with Gasteiger partial charge < -0.3 is 75.8 Å². The predicted molar refractivity (Wildman–Crippen MR) is 329 cm³/mol. The van der Waals surface area contributed by atoms with Gasteiger partial charge in [-0.3, -0.25) is 0 Å². The van der Waals surface area contributed by atoms with Gasteiger partial charge in [-0.05, 0) is 158 Å². The van der Waals surface area contributed by atoms with Gasteiger partial charge in [0.05, 0.1) is 113 Å². The number of methoxy groups -OCH3 is 12. The maximum Gasteiger partial charge on any atom is 0.351 e. The van der Waals surface area contributed by atoms with Crippen LogP contribution in [0.3, 0.4) is 0 Å². The van der Waals surface area contributed by atoms with Crippen LogP contribution >= 0.6 is 0 Å². The molecule has 0 aromatic heterocycles. The third-order valence-electron chi connectivity index (χ3n) is 12.5. The van der Waals surface area contributed by atoms with E-state index in [1.54, 1.807) is 60.7 Å². The fraction of sp³-hybridized carbons (Fsp3) is 0.176. The molecule has 480 valence electrons. The molecule has 0 fully saturated rings. The van der Waals surface area contributed by atoms with Crippen molar-refractivity contribution in [2.75, 3.05) is 85.3 Å². The lowest BCUT2D eigenvalue weighted by atomic mass is 10.1. The van der Waals surface area contributed by atoms with E-state index >= 15 is 0 Å². The normalized spacial score (nSPS) is 9.87. The molecule has 0 bridgehead atoms. The van der Waals surface area contributed by atoms with Gasteiger partial charge in [0.1, 0.15) is 74.2 Å². The Morgan fingerprint density at radius 1 is 0.217 bits per heavy atom. The second kappa shape index (κ2) is 35.7. The Bertz CT molecular complexity index is 3800. The molecule has 8 aromatic carbocycles. The lowest BCUT2D eigenvalue weighted by Crippen LogP contribution is -2.12. The first kappa shape index (κ1) is 70.7. The van der Waals surface area contributed by atoms with Gasteiger partial charge in [0.25, 0.3) is 0 Å². The number of esters is 8. The average molecular weight is 1270 g/mol. The Hall–Kier alpha value is -12.1. The fourth-order valence-electron chi connectivity index (χ4n) is 7.71. The molecule has 0 aliphatic rings. The van der Waals surface area contributed by atoms with E-state index in [9.17, 15) is 38.4 Å². The standard InChI is InChI=1S/4C17H16O6/c1-20-14-9-6-12(10-15(14)21-2)17(19)23-13-7-4-11(5-8-13)16(18)22-3;1-20-13-8-9-15(21-2)14(10-13)17(19)23-12-6-4-11(5-7-12)16(18)22-3;1-20-13-8-9-14(15(10-13)21-2)17(19)23-12-6-4-11(5-7-12)16(18)22-3;1-20-13-5-4-6-14(21-2)15(13)17(19)23-12-9-7-11(8-10-12)16(18)22-3/h4*4-10H,1-3H3. The second-order valence-electron chi connectivity index (χ2n) is 17.9. The van der Waals surface area contributed by atoms with Crippen LogP contribution in [0, 0.1) is 0 Å². The smallest absolute Gasteiger partial charge is 0.351 e. The molecule has 0 saturated heterocycles. The first-order chi connectivity index (χ1) is 44.3. The Morgan fingerprint density at radius 2 is 0.533 bits per heavy atom. The molecule has 8 rings (SSSR count). The summed E-state index contributed by atoms with van der Waals surface area (Å²) in [6.45, 7) is 0. The first-order valence-electron chi connectivity index (χ1n) is 26.9. The van der Waals surface area contributed by atoms with Crippen molar-refractivity contribution in [1.82, 2.24) is 0 Å². The van der Waals surface area contributed by atoms with Crippen LogP contribution in [-0.2, 0) is 18.9 Å². The van der Waals surface area contributed by atoms with E-state index in [4.69, 9.17) is 56.8 Å². The van der Waals surface area contributed by atoms with Crippen LogP contribution in [0.1, 0.15) is 82.9 Å². The van der Waals surface area contributed by atoms with Gasteiger partial charge in [-0.2, -0.15) is 0 Å². The molecule has 0 heterocycles. The maximum atomic E-state index is 12.4. The minimum Gasteiger partial charge on any atom is -0.497 e. The third kappa shape index (κ3) is 19.7. The highest BCUT2D eigenvalue weighted by molar-refractivity contribution is 5.98. The number of hydrogen-bond acceptors (Lipinski definition) is 24. The average Bonchev–Trinajstić information content (AvgIpc) is 1.97. The van der Waals surface area contributed by atoms with E-state index in [-0.39, 0.29) is 22.4 Å². The van der Waals surface area contributed by atoms with E-state index in [1.165, 1.54) is 195 Å². The summed E-state index contributed by atoms with van der Waals surface area (Å²) in [7, 11) is 17.0. The van der Waals surface area contributed by atoms with Crippen molar-refractivity contribution < 1.29 is 114 Å². The number of carbonyl (C=O) groups excluding carboxylic acids is 8. The zero-order chi connectivity index (χ0) is 67.3. The van der Waals surface area contributed by atoms with Gasteiger partial charge in [0, 0.05) is 6.07 Å². The van der Waals surface area contributed by atoms with E-state index in [0.717, 1.165) is 0 Å². The van der Waals surface area contributed by atoms with E-state index in [2.05, 4.69) is 18.9 Å². The number of carbonyl (C=O) groups is 8.